The Hall–Kier alpha value is -0.900. The van der Waals surface area contributed by atoms with Gasteiger partial charge in [-0.25, -0.2) is 0 Å². The summed E-state index contributed by atoms with van der Waals surface area (Å²) in [4.78, 5) is 4.90. The lowest BCUT2D eigenvalue weighted by Crippen LogP contribution is -2.32. The lowest BCUT2D eigenvalue weighted by atomic mass is 9.75. The number of nitrogens with one attached hydrogen (secondary N) is 1. The Balaban J connectivity index is 1.91. The Morgan fingerprint density at radius 2 is 1.88 bits per heavy atom. The van der Waals surface area contributed by atoms with Gasteiger partial charge in [0.2, 0.25) is 0 Å². The van der Waals surface area contributed by atoms with E-state index < -0.39 is 0 Å². The summed E-state index contributed by atoms with van der Waals surface area (Å²) in [7, 11) is 0. The summed E-state index contributed by atoms with van der Waals surface area (Å²) in [6.45, 7) is 4.42. The Labute approximate surface area is 157 Å². The second-order valence-electron chi connectivity index (χ2n) is 7.06. The summed E-state index contributed by atoms with van der Waals surface area (Å²) in [6.07, 6.45) is 6.47. The van der Waals surface area contributed by atoms with Gasteiger partial charge in [0.1, 0.15) is 0 Å². The zero-order valence-corrected chi connectivity index (χ0v) is 16.3. The van der Waals surface area contributed by atoms with Crippen LogP contribution in [0.5, 0.6) is 0 Å². The summed E-state index contributed by atoms with van der Waals surface area (Å²) in [5, 5.41) is 4.36. The van der Waals surface area contributed by atoms with Crippen LogP contribution in [0, 0.1) is 12.8 Å². The standard InChI is InChI=1S/C20H22BrClN2/c1-12-8-17(22)10-14-2-3-15-9-16(21)11-24-20(15)19(18(12)14)13-4-6-23-7-5-13/h8-11,13,19,23H,2-7H2,1H3/t19-/m1/s1. The number of rotatable bonds is 1. The van der Waals surface area contributed by atoms with Crippen molar-refractivity contribution in [2.45, 2.75) is 38.5 Å². The Morgan fingerprint density at radius 1 is 1.12 bits per heavy atom. The van der Waals surface area contributed by atoms with E-state index in [1.807, 2.05) is 6.20 Å². The minimum atomic E-state index is 0.393. The van der Waals surface area contributed by atoms with Gasteiger partial charge in [0.15, 0.2) is 0 Å². The molecule has 126 valence electrons. The molecular formula is C20H22BrClN2. The molecule has 0 spiro atoms. The topological polar surface area (TPSA) is 24.9 Å². The van der Waals surface area contributed by atoms with Crippen LogP contribution in [0.4, 0.5) is 0 Å². The molecule has 0 saturated carbocycles. The molecule has 1 saturated heterocycles. The van der Waals surface area contributed by atoms with Crippen molar-refractivity contribution in [3.8, 4) is 0 Å². The molecule has 2 heterocycles. The normalized spacial score (nSPS) is 21.0. The fraction of sp³-hybridized carbons (Fsp3) is 0.450. The zero-order valence-electron chi connectivity index (χ0n) is 13.9. The van der Waals surface area contributed by atoms with Crippen LogP contribution in [0.1, 0.15) is 46.7 Å². The number of piperidine rings is 1. The first-order valence-electron chi connectivity index (χ1n) is 8.77. The van der Waals surface area contributed by atoms with Gasteiger partial charge in [-0.15, -0.1) is 0 Å². The number of hydrogen-bond donors (Lipinski definition) is 1. The number of benzene rings is 1. The zero-order chi connectivity index (χ0) is 16.7. The third-order valence-corrected chi connectivity index (χ3v) is 6.18. The molecule has 2 aromatic rings. The number of fused-ring (bicyclic) bond motifs is 2. The molecule has 1 aromatic heterocycles. The fourth-order valence-corrected chi connectivity index (χ4v) is 5.16. The molecule has 1 N–H and O–H groups in total. The summed E-state index contributed by atoms with van der Waals surface area (Å²) in [5.41, 5.74) is 6.89. The van der Waals surface area contributed by atoms with Crippen molar-refractivity contribution < 1.29 is 0 Å². The van der Waals surface area contributed by atoms with E-state index in [-0.39, 0.29) is 0 Å². The molecule has 1 atom stereocenters. The molecule has 4 rings (SSSR count). The van der Waals surface area contributed by atoms with Gasteiger partial charge in [-0.2, -0.15) is 0 Å². The molecule has 2 aliphatic rings. The van der Waals surface area contributed by atoms with E-state index in [1.165, 1.54) is 40.8 Å². The van der Waals surface area contributed by atoms with Crippen LogP contribution < -0.4 is 5.32 Å². The van der Waals surface area contributed by atoms with Crippen LogP contribution in [0.3, 0.4) is 0 Å². The van der Waals surface area contributed by atoms with Crippen molar-refractivity contribution in [3.63, 3.8) is 0 Å². The first-order chi connectivity index (χ1) is 11.6. The average molecular weight is 406 g/mol. The highest BCUT2D eigenvalue weighted by atomic mass is 79.9. The van der Waals surface area contributed by atoms with Crippen molar-refractivity contribution in [2.75, 3.05) is 13.1 Å². The maximum Gasteiger partial charge on any atom is 0.0514 e. The van der Waals surface area contributed by atoms with Gasteiger partial charge in [-0.3, -0.25) is 4.98 Å². The van der Waals surface area contributed by atoms with Gasteiger partial charge in [0.05, 0.1) is 5.69 Å². The van der Waals surface area contributed by atoms with Gasteiger partial charge < -0.3 is 5.32 Å². The van der Waals surface area contributed by atoms with Gasteiger partial charge in [-0.05, 0) is 108 Å². The average Bonchev–Trinajstić information content (AvgIpc) is 2.72. The molecule has 1 aliphatic carbocycles. The molecule has 1 aromatic carbocycles. The molecular weight excluding hydrogens is 384 g/mol. The summed E-state index contributed by atoms with van der Waals surface area (Å²) < 4.78 is 1.08. The number of halogens is 2. The van der Waals surface area contributed by atoms with E-state index >= 15 is 0 Å². The lowest BCUT2D eigenvalue weighted by molar-refractivity contribution is 0.338. The van der Waals surface area contributed by atoms with E-state index in [1.54, 1.807) is 0 Å². The number of hydrogen-bond acceptors (Lipinski definition) is 2. The molecule has 24 heavy (non-hydrogen) atoms. The van der Waals surface area contributed by atoms with Gasteiger partial charge in [0, 0.05) is 21.6 Å². The van der Waals surface area contributed by atoms with Crippen molar-refractivity contribution >= 4 is 27.5 Å². The number of nitrogens with zero attached hydrogens (tertiary/aromatic N) is 1. The minimum absolute atomic E-state index is 0.393. The maximum absolute atomic E-state index is 6.37. The van der Waals surface area contributed by atoms with E-state index in [2.05, 4.69) is 46.4 Å². The number of aromatic nitrogens is 1. The summed E-state index contributed by atoms with van der Waals surface area (Å²) in [6, 6.07) is 6.57. The molecule has 0 bridgehead atoms. The first-order valence-corrected chi connectivity index (χ1v) is 9.94. The van der Waals surface area contributed by atoms with Crippen LogP contribution in [0.2, 0.25) is 5.02 Å². The molecule has 0 unspecified atom stereocenters. The minimum Gasteiger partial charge on any atom is -0.317 e. The molecule has 1 fully saturated rings. The van der Waals surface area contributed by atoms with E-state index in [9.17, 15) is 0 Å². The highest BCUT2D eigenvalue weighted by Gasteiger charge is 2.33. The van der Waals surface area contributed by atoms with Crippen molar-refractivity contribution in [1.82, 2.24) is 10.3 Å². The van der Waals surface area contributed by atoms with Crippen molar-refractivity contribution in [2.24, 2.45) is 5.92 Å². The third-order valence-electron chi connectivity index (χ3n) is 5.53. The van der Waals surface area contributed by atoms with Crippen LogP contribution in [-0.2, 0) is 12.8 Å². The van der Waals surface area contributed by atoms with Crippen LogP contribution >= 0.6 is 27.5 Å². The van der Waals surface area contributed by atoms with Gasteiger partial charge in [-0.1, -0.05) is 11.6 Å². The van der Waals surface area contributed by atoms with Crippen molar-refractivity contribution in [1.29, 1.82) is 0 Å². The Morgan fingerprint density at radius 3 is 2.67 bits per heavy atom. The van der Waals surface area contributed by atoms with E-state index in [4.69, 9.17) is 16.6 Å². The maximum atomic E-state index is 6.37. The Kier molecular flexibility index (Phi) is 4.68. The van der Waals surface area contributed by atoms with Gasteiger partial charge in [0.25, 0.3) is 0 Å². The fourth-order valence-electron chi connectivity index (χ4n) is 4.49. The van der Waals surface area contributed by atoms with Crippen LogP contribution in [-0.4, -0.2) is 18.1 Å². The Bertz CT molecular complexity index is 768. The summed E-state index contributed by atoms with van der Waals surface area (Å²) in [5.74, 6) is 1.04. The SMILES string of the molecule is Cc1cc(Cl)cc2c1[C@@H](C1CCNCC1)c1ncc(Br)cc1CC2. The van der Waals surface area contributed by atoms with Crippen molar-refractivity contribution in [3.05, 3.63) is 61.8 Å². The third kappa shape index (κ3) is 3.02. The predicted molar refractivity (Wildman–Crippen MR) is 103 cm³/mol. The second kappa shape index (κ2) is 6.78. The smallest absolute Gasteiger partial charge is 0.0514 e. The van der Waals surface area contributed by atoms with Crippen LogP contribution in [0.15, 0.2) is 28.9 Å². The molecule has 4 heteroatoms. The van der Waals surface area contributed by atoms with E-state index in [0.717, 1.165) is 35.4 Å². The second-order valence-corrected chi connectivity index (χ2v) is 8.41. The highest BCUT2D eigenvalue weighted by molar-refractivity contribution is 9.10. The summed E-state index contributed by atoms with van der Waals surface area (Å²) >= 11 is 9.97. The van der Waals surface area contributed by atoms with E-state index in [0.29, 0.717) is 11.8 Å². The molecule has 2 nitrogen and oxygen atoms in total. The quantitative estimate of drug-likeness (QED) is 0.719. The largest absolute Gasteiger partial charge is 0.317 e. The lowest BCUT2D eigenvalue weighted by Gasteiger charge is -2.33. The van der Waals surface area contributed by atoms with Crippen LogP contribution in [0.25, 0.3) is 0 Å². The highest BCUT2D eigenvalue weighted by Crippen LogP contribution is 2.43. The molecule has 0 amide bonds. The first kappa shape index (κ1) is 16.6. The number of pyridine rings is 1. The van der Waals surface area contributed by atoms with Gasteiger partial charge >= 0.3 is 0 Å². The monoisotopic (exact) mass is 404 g/mol. The predicted octanol–water partition coefficient (Wildman–Crippen LogP) is 5.04. The molecule has 1 aliphatic heterocycles. The number of aryl methyl sites for hydroxylation is 3. The molecule has 0 radical (unpaired) electrons.